The summed E-state index contributed by atoms with van der Waals surface area (Å²) in [6.45, 7) is 3.99. The van der Waals surface area contributed by atoms with E-state index in [9.17, 15) is 4.79 Å². The zero-order valence-corrected chi connectivity index (χ0v) is 15.2. The second-order valence-electron chi connectivity index (χ2n) is 6.05. The van der Waals surface area contributed by atoms with E-state index in [1.807, 2.05) is 13.0 Å². The Morgan fingerprint density at radius 1 is 1.33 bits per heavy atom. The number of aromatic nitrogens is 3. The summed E-state index contributed by atoms with van der Waals surface area (Å²) in [4.78, 5) is 12.6. The number of benzene rings is 1. The van der Waals surface area contributed by atoms with Crippen molar-refractivity contribution in [2.75, 3.05) is 18.6 Å². The van der Waals surface area contributed by atoms with Crippen LogP contribution in [0.15, 0.2) is 35.1 Å². The van der Waals surface area contributed by atoms with Crippen LogP contribution >= 0.6 is 11.8 Å². The van der Waals surface area contributed by atoms with Gasteiger partial charge in [-0.3, -0.25) is 4.57 Å². The zero-order valence-electron chi connectivity index (χ0n) is 14.4. The summed E-state index contributed by atoms with van der Waals surface area (Å²) < 4.78 is 9.38. The third kappa shape index (κ3) is 3.44. The molecule has 1 saturated heterocycles. The van der Waals surface area contributed by atoms with Gasteiger partial charge in [0, 0.05) is 25.6 Å². The third-order valence-electron chi connectivity index (χ3n) is 4.56. The van der Waals surface area contributed by atoms with E-state index in [1.54, 1.807) is 21.0 Å². The van der Waals surface area contributed by atoms with Gasteiger partial charge in [-0.1, -0.05) is 30.3 Å². The molecule has 6 heteroatoms. The molecule has 0 unspecified atom stereocenters. The molecule has 1 aliphatic rings. The highest BCUT2D eigenvalue weighted by Gasteiger charge is 2.35. The molecule has 5 nitrogen and oxygen atoms in total. The highest BCUT2D eigenvalue weighted by atomic mass is 32.2. The highest BCUT2D eigenvalue weighted by molar-refractivity contribution is 7.98. The summed E-state index contributed by atoms with van der Waals surface area (Å²) >= 11 is 1.79. The first-order chi connectivity index (χ1) is 11.8. The van der Waals surface area contributed by atoms with E-state index in [0.717, 1.165) is 24.4 Å². The molecule has 2 heterocycles. The maximum Gasteiger partial charge on any atom is 0.345 e. The fourth-order valence-corrected chi connectivity index (χ4v) is 3.77. The van der Waals surface area contributed by atoms with E-state index < -0.39 is 0 Å². The summed E-state index contributed by atoms with van der Waals surface area (Å²) in [7, 11) is 0. The van der Waals surface area contributed by atoms with Gasteiger partial charge in [-0.05, 0) is 37.3 Å². The fraction of sp³-hybridized carbons (Fsp3) is 0.556. The SMILES string of the molecule is CCn1c([C@H]2OCC[C@H]2c2ccccc2)nn(CCCSC)c1=O. The lowest BCUT2D eigenvalue weighted by Crippen LogP contribution is -2.26. The highest BCUT2D eigenvalue weighted by Crippen LogP contribution is 2.40. The molecule has 2 atom stereocenters. The molecular weight excluding hydrogens is 322 g/mol. The summed E-state index contributed by atoms with van der Waals surface area (Å²) in [6, 6.07) is 10.4. The maximum absolute atomic E-state index is 12.6. The Balaban J connectivity index is 1.90. The van der Waals surface area contributed by atoms with Crippen LogP contribution in [-0.4, -0.2) is 33.0 Å². The Labute approximate surface area is 147 Å². The van der Waals surface area contributed by atoms with Crippen LogP contribution in [0.2, 0.25) is 0 Å². The third-order valence-corrected chi connectivity index (χ3v) is 5.26. The van der Waals surface area contributed by atoms with Crippen molar-refractivity contribution in [1.29, 1.82) is 0 Å². The van der Waals surface area contributed by atoms with Crippen molar-refractivity contribution in [1.82, 2.24) is 14.3 Å². The Hall–Kier alpha value is -1.53. The van der Waals surface area contributed by atoms with Crippen molar-refractivity contribution in [2.45, 2.75) is 44.9 Å². The zero-order chi connectivity index (χ0) is 16.9. The number of rotatable bonds is 7. The van der Waals surface area contributed by atoms with Gasteiger partial charge in [0.15, 0.2) is 5.82 Å². The number of hydrogen-bond acceptors (Lipinski definition) is 4. The van der Waals surface area contributed by atoms with Crippen LogP contribution < -0.4 is 5.69 Å². The van der Waals surface area contributed by atoms with Crippen LogP contribution in [-0.2, 0) is 17.8 Å². The molecule has 24 heavy (non-hydrogen) atoms. The number of aryl methyl sites for hydroxylation is 1. The van der Waals surface area contributed by atoms with E-state index in [2.05, 4.69) is 35.6 Å². The lowest BCUT2D eigenvalue weighted by molar-refractivity contribution is 0.0933. The molecule has 0 spiro atoms. The second kappa shape index (κ2) is 8.03. The minimum absolute atomic E-state index is 0.0177. The van der Waals surface area contributed by atoms with E-state index in [1.165, 1.54) is 5.56 Å². The average Bonchev–Trinajstić information content (AvgIpc) is 3.21. The number of thioether (sulfide) groups is 1. The topological polar surface area (TPSA) is 49.0 Å². The summed E-state index contributed by atoms with van der Waals surface area (Å²) in [5, 5.41) is 4.64. The van der Waals surface area contributed by atoms with Crippen molar-refractivity contribution in [3.8, 4) is 0 Å². The number of ether oxygens (including phenoxy) is 1. The number of hydrogen-bond donors (Lipinski definition) is 0. The van der Waals surface area contributed by atoms with Crippen LogP contribution in [0.3, 0.4) is 0 Å². The van der Waals surface area contributed by atoms with Crippen molar-refractivity contribution in [3.05, 3.63) is 52.2 Å². The fourth-order valence-electron chi connectivity index (χ4n) is 3.36. The van der Waals surface area contributed by atoms with Crippen LogP contribution in [0, 0.1) is 0 Å². The van der Waals surface area contributed by atoms with Crippen molar-refractivity contribution in [3.63, 3.8) is 0 Å². The lowest BCUT2D eigenvalue weighted by Gasteiger charge is -2.18. The van der Waals surface area contributed by atoms with Crippen LogP contribution in [0.4, 0.5) is 0 Å². The minimum atomic E-state index is -0.137. The van der Waals surface area contributed by atoms with Gasteiger partial charge in [0.05, 0.1) is 0 Å². The first-order valence-electron chi connectivity index (χ1n) is 8.59. The van der Waals surface area contributed by atoms with Gasteiger partial charge < -0.3 is 4.74 Å². The van der Waals surface area contributed by atoms with Crippen LogP contribution in [0.25, 0.3) is 0 Å². The molecule has 0 bridgehead atoms. The van der Waals surface area contributed by atoms with Gasteiger partial charge in [-0.15, -0.1) is 0 Å². The van der Waals surface area contributed by atoms with Gasteiger partial charge in [-0.2, -0.15) is 16.9 Å². The van der Waals surface area contributed by atoms with Gasteiger partial charge >= 0.3 is 5.69 Å². The second-order valence-corrected chi connectivity index (χ2v) is 7.04. The minimum Gasteiger partial charge on any atom is -0.370 e. The predicted octanol–water partition coefficient (Wildman–Crippen LogP) is 3.06. The molecule has 1 aromatic heterocycles. The van der Waals surface area contributed by atoms with Crippen molar-refractivity contribution < 1.29 is 4.74 Å². The van der Waals surface area contributed by atoms with Crippen molar-refractivity contribution in [2.24, 2.45) is 0 Å². The average molecular weight is 347 g/mol. The molecule has 0 aliphatic carbocycles. The molecule has 0 saturated carbocycles. The van der Waals surface area contributed by atoms with E-state index >= 15 is 0 Å². The first kappa shape index (κ1) is 17.3. The lowest BCUT2D eigenvalue weighted by atomic mass is 9.92. The van der Waals surface area contributed by atoms with E-state index in [-0.39, 0.29) is 17.7 Å². The summed E-state index contributed by atoms with van der Waals surface area (Å²) in [5.41, 5.74) is 1.24. The maximum atomic E-state index is 12.6. The molecule has 0 N–H and O–H groups in total. The largest absolute Gasteiger partial charge is 0.370 e. The molecule has 1 aromatic carbocycles. The van der Waals surface area contributed by atoms with Gasteiger partial charge in [0.25, 0.3) is 0 Å². The quantitative estimate of drug-likeness (QED) is 0.722. The Kier molecular flexibility index (Phi) is 5.79. The smallest absolute Gasteiger partial charge is 0.345 e. The first-order valence-corrected chi connectivity index (χ1v) is 9.98. The van der Waals surface area contributed by atoms with Crippen LogP contribution in [0.1, 0.15) is 43.2 Å². The standard InChI is InChI=1S/C18H25N3O2S/c1-3-20-17(19-21(18(20)22)11-7-13-24-2)16-15(10-12-23-16)14-8-5-4-6-9-14/h4-6,8-9,15-16H,3,7,10-13H2,1-2H3/t15-,16-/m0/s1. The predicted molar refractivity (Wildman–Crippen MR) is 97.7 cm³/mol. The van der Waals surface area contributed by atoms with Crippen LogP contribution in [0.5, 0.6) is 0 Å². The Bertz CT molecular complexity index is 711. The van der Waals surface area contributed by atoms with Gasteiger partial charge in [0.2, 0.25) is 0 Å². The molecular formula is C18H25N3O2S. The molecule has 0 radical (unpaired) electrons. The van der Waals surface area contributed by atoms with E-state index in [4.69, 9.17) is 4.74 Å². The van der Waals surface area contributed by atoms with E-state index in [0.29, 0.717) is 19.7 Å². The summed E-state index contributed by atoms with van der Waals surface area (Å²) in [6.07, 6.45) is 3.86. The monoisotopic (exact) mass is 347 g/mol. The molecule has 3 rings (SSSR count). The van der Waals surface area contributed by atoms with Crippen molar-refractivity contribution >= 4 is 11.8 Å². The Morgan fingerprint density at radius 3 is 2.83 bits per heavy atom. The molecule has 1 aliphatic heterocycles. The Morgan fingerprint density at radius 2 is 2.12 bits per heavy atom. The molecule has 130 valence electrons. The summed E-state index contributed by atoms with van der Waals surface area (Å²) in [5.74, 6) is 2.07. The van der Waals surface area contributed by atoms with Gasteiger partial charge in [-0.25, -0.2) is 9.48 Å². The molecule has 0 amide bonds. The molecule has 1 fully saturated rings. The van der Waals surface area contributed by atoms with Gasteiger partial charge in [0.1, 0.15) is 6.10 Å². The molecule has 2 aromatic rings. The normalized spacial score (nSPS) is 20.6. The number of nitrogens with zero attached hydrogens (tertiary/aromatic N) is 3.